The van der Waals surface area contributed by atoms with E-state index in [1.54, 1.807) is 6.07 Å². The van der Waals surface area contributed by atoms with Gasteiger partial charge in [0.2, 0.25) is 5.91 Å². The van der Waals surface area contributed by atoms with Gasteiger partial charge < -0.3 is 5.11 Å². The van der Waals surface area contributed by atoms with Crippen molar-refractivity contribution >= 4 is 23.5 Å². The van der Waals surface area contributed by atoms with Crippen LogP contribution in [-0.4, -0.2) is 34.5 Å². The van der Waals surface area contributed by atoms with Crippen molar-refractivity contribution in [1.82, 2.24) is 4.90 Å². The minimum Gasteiger partial charge on any atom is -0.393 e. The number of nitrogens with zero attached hydrogens (tertiary/aromatic N) is 3. The summed E-state index contributed by atoms with van der Waals surface area (Å²) in [4.78, 5) is 39.5. The lowest BCUT2D eigenvalue weighted by atomic mass is 9.88. The molecule has 1 unspecified atom stereocenters. The maximum atomic E-state index is 13.3. The van der Waals surface area contributed by atoms with Gasteiger partial charge in [0, 0.05) is 6.92 Å². The fourth-order valence-electron chi connectivity index (χ4n) is 3.46. The van der Waals surface area contributed by atoms with Gasteiger partial charge in [-0.2, -0.15) is 18.4 Å². The summed E-state index contributed by atoms with van der Waals surface area (Å²) in [6.45, 7) is 0.0298. The van der Waals surface area contributed by atoms with Crippen LogP contribution in [0.4, 0.5) is 23.7 Å². The van der Waals surface area contributed by atoms with Crippen LogP contribution in [0, 0.1) is 11.3 Å². The molecule has 1 atom stereocenters. The Bertz CT molecular complexity index is 1080. The van der Waals surface area contributed by atoms with Crippen LogP contribution in [-0.2, 0) is 21.3 Å². The van der Waals surface area contributed by atoms with Gasteiger partial charge in [0.1, 0.15) is 0 Å². The topological polar surface area (TPSA) is 102 Å². The fraction of sp³-hybridized carbons (Fsp3) is 0.200. The molecule has 0 aromatic heterocycles. The molecule has 10 heteroatoms. The number of halogens is 3. The van der Waals surface area contributed by atoms with Gasteiger partial charge >= 0.3 is 12.2 Å². The lowest BCUT2D eigenvalue weighted by Gasteiger charge is -2.31. The number of anilines is 1. The summed E-state index contributed by atoms with van der Waals surface area (Å²) < 4.78 is 40.0. The van der Waals surface area contributed by atoms with E-state index in [4.69, 9.17) is 5.26 Å². The van der Waals surface area contributed by atoms with E-state index in [1.807, 2.05) is 0 Å². The molecule has 3 rings (SSSR count). The standard InChI is InChI=1S/C20H14F3N3O4/c1-12(28)26-18(30)25(15-8-7-13(10-24)16(9-15)20(21,22)23)17(29)19(26,11-27)14-5-3-2-4-6-14/h2-9,27H,11H2,1H3. The number of benzene rings is 2. The van der Waals surface area contributed by atoms with Gasteiger partial charge in [0.15, 0.2) is 5.54 Å². The largest absolute Gasteiger partial charge is 0.417 e. The monoisotopic (exact) mass is 417 g/mol. The number of aliphatic hydroxyl groups is 1. The lowest BCUT2D eigenvalue weighted by Crippen LogP contribution is -2.51. The van der Waals surface area contributed by atoms with E-state index in [0.29, 0.717) is 15.9 Å². The Morgan fingerprint density at radius 1 is 1.17 bits per heavy atom. The van der Waals surface area contributed by atoms with Gasteiger partial charge in [-0.15, -0.1) is 0 Å². The van der Waals surface area contributed by atoms with Crippen LogP contribution >= 0.6 is 0 Å². The molecule has 1 heterocycles. The predicted molar refractivity (Wildman–Crippen MR) is 96.8 cm³/mol. The smallest absolute Gasteiger partial charge is 0.393 e. The molecule has 0 spiro atoms. The number of carbonyl (C=O) groups is 3. The first-order valence-electron chi connectivity index (χ1n) is 8.56. The van der Waals surface area contributed by atoms with Crippen molar-refractivity contribution < 1.29 is 32.7 Å². The second-order valence-electron chi connectivity index (χ2n) is 6.50. The predicted octanol–water partition coefficient (Wildman–Crippen LogP) is 2.78. The maximum Gasteiger partial charge on any atom is 0.417 e. The number of nitriles is 1. The van der Waals surface area contributed by atoms with Gasteiger partial charge in [-0.05, 0) is 23.8 Å². The normalized spacial score (nSPS) is 19.2. The van der Waals surface area contributed by atoms with Gasteiger partial charge in [0.05, 0.1) is 29.5 Å². The molecular formula is C20H14F3N3O4. The summed E-state index contributed by atoms with van der Waals surface area (Å²) in [6, 6.07) is 10.0. The van der Waals surface area contributed by atoms with Crippen molar-refractivity contribution in [3.05, 3.63) is 65.2 Å². The first kappa shape index (κ1) is 21.0. The zero-order valence-corrected chi connectivity index (χ0v) is 15.5. The van der Waals surface area contributed by atoms with Crippen molar-refractivity contribution in [1.29, 1.82) is 5.26 Å². The SMILES string of the molecule is CC(=O)N1C(=O)N(c2ccc(C#N)c(C(F)(F)F)c2)C(=O)C1(CO)c1ccccc1. The molecule has 154 valence electrons. The summed E-state index contributed by atoms with van der Waals surface area (Å²) in [5.74, 6) is -1.97. The molecule has 1 saturated heterocycles. The number of aliphatic hydroxyl groups excluding tert-OH is 1. The van der Waals surface area contributed by atoms with E-state index in [-0.39, 0.29) is 5.56 Å². The number of alkyl halides is 3. The van der Waals surface area contributed by atoms with E-state index >= 15 is 0 Å². The summed E-state index contributed by atoms with van der Waals surface area (Å²) in [5.41, 5.74) is -4.51. The highest BCUT2D eigenvalue weighted by Gasteiger charge is 2.60. The van der Waals surface area contributed by atoms with Crippen molar-refractivity contribution in [3.8, 4) is 6.07 Å². The minimum atomic E-state index is -4.92. The second-order valence-corrected chi connectivity index (χ2v) is 6.50. The van der Waals surface area contributed by atoms with Crippen molar-refractivity contribution in [2.45, 2.75) is 18.6 Å². The average Bonchev–Trinajstić information content (AvgIpc) is 2.94. The Hall–Kier alpha value is -3.71. The number of carbonyl (C=O) groups excluding carboxylic acids is 3. The summed E-state index contributed by atoms with van der Waals surface area (Å²) in [5, 5.41) is 19.0. The molecule has 0 aliphatic carbocycles. The highest BCUT2D eigenvalue weighted by Crippen LogP contribution is 2.41. The average molecular weight is 417 g/mol. The van der Waals surface area contributed by atoms with Crippen molar-refractivity contribution in [2.24, 2.45) is 0 Å². The molecular weight excluding hydrogens is 403 g/mol. The van der Waals surface area contributed by atoms with Crippen LogP contribution in [0.15, 0.2) is 48.5 Å². The van der Waals surface area contributed by atoms with E-state index in [1.165, 1.54) is 30.3 Å². The Kier molecular flexibility index (Phi) is 5.09. The second kappa shape index (κ2) is 7.27. The van der Waals surface area contributed by atoms with Crippen LogP contribution in [0.25, 0.3) is 0 Å². The maximum absolute atomic E-state index is 13.3. The van der Waals surface area contributed by atoms with E-state index in [0.717, 1.165) is 19.1 Å². The summed E-state index contributed by atoms with van der Waals surface area (Å²) in [7, 11) is 0. The van der Waals surface area contributed by atoms with Crippen LogP contribution in [0.5, 0.6) is 0 Å². The van der Waals surface area contributed by atoms with Crippen LogP contribution < -0.4 is 4.90 Å². The first-order valence-corrected chi connectivity index (χ1v) is 8.56. The minimum absolute atomic E-state index is 0.119. The molecule has 0 bridgehead atoms. The van der Waals surface area contributed by atoms with E-state index in [2.05, 4.69) is 0 Å². The van der Waals surface area contributed by atoms with Gasteiger partial charge in [-0.3, -0.25) is 9.59 Å². The molecule has 1 fully saturated rings. The number of amides is 4. The third kappa shape index (κ3) is 3.00. The first-order chi connectivity index (χ1) is 14.1. The molecule has 1 aliphatic heterocycles. The van der Waals surface area contributed by atoms with Gasteiger partial charge in [-0.25, -0.2) is 14.6 Å². The van der Waals surface area contributed by atoms with Crippen molar-refractivity contribution in [3.63, 3.8) is 0 Å². The number of rotatable bonds is 3. The van der Waals surface area contributed by atoms with Gasteiger partial charge in [0.25, 0.3) is 5.91 Å². The van der Waals surface area contributed by atoms with E-state index in [9.17, 15) is 32.7 Å². The summed E-state index contributed by atoms with van der Waals surface area (Å²) in [6.07, 6.45) is -4.92. The Morgan fingerprint density at radius 2 is 1.80 bits per heavy atom. The Morgan fingerprint density at radius 3 is 2.30 bits per heavy atom. The van der Waals surface area contributed by atoms with Crippen LogP contribution in [0.2, 0.25) is 0 Å². The Labute approximate surface area is 168 Å². The number of imide groups is 2. The lowest BCUT2D eigenvalue weighted by molar-refractivity contribution is -0.139. The molecule has 4 amide bonds. The number of urea groups is 1. The third-order valence-corrected chi connectivity index (χ3v) is 4.80. The zero-order valence-electron chi connectivity index (χ0n) is 15.5. The molecule has 0 saturated carbocycles. The number of hydrogen-bond acceptors (Lipinski definition) is 5. The van der Waals surface area contributed by atoms with Crippen LogP contribution in [0.1, 0.15) is 23.6 Å². The molecule has 2 aromatic rings. The third-order valence-electron chi connectivity index (χ3n) is 4.80. The molecule has 30 heavy (non-hydrogen) atoms. The molecule has 1 N–H and O–H groups in total. The van der Waals surface area contributed by atoms with Gasteiger partial charge in [-0.1, -0.05) is 30.3 Å². The van der Waals surface area contributed by atoms with Crippen LogP contribution in [0.3, 0.4) is 0 Å². The summed E-state index contributed by atoms with van der Waals surface area (Å²) >= 11 is 0. The highest BCUT2D eigenvalue weighted by molar-refractivity contribution is 6.27. The molecule has 2 aromatic carbocycles. The Balaban J connectivity index is 2.24. The quantitative estimate of drug-likeness (QED) is 0.774. The molecule has 1 aliphatic rings. The highest BCUT2D eigenvalue weighted by atomic mass is 19.4. The number of hydrogen-bond donors (Lipinski definition) is 1. The van der Waals surface area contributed by atoms with E-state index < -0.39 is 53.0 Å². The van der Waals surface area contributed by atoms with Crippen molar-refractivity contribution in [2.75, 3.05) is 11.5 Å². The zero-order chi connectivity index (χ0) is 22.3. The fourth-order valence-corrected chi connectivity index (χ4v) is 3.46. The molecule has 7 nitrogen and oxygen atoms in total. The molecule has 0 radical (unpaired) electrons.